The number of nitriles is 1. The minimum Gasteiger partial charge on any atom is -0.349 e. The second-order valence-corrected chi connectivity index (χ2v) is 3.73. The smallest absolute Gasteiger partial charge is 0.107 e. The van der Waals surface area contributed by atoms with E-state index in [1.54, 1.807) is 6.20 Å². The van der Waals surface area contributed by atoms with Crippen molar-refractivity contribution < 1.29 is 0 Å². The number of nitrogens with one attached hydrogen (secondary N) is 2. The Morgan fingerprint density at radius 3 is 3.00 bits per heavy atom. The standard InChI is InChI=1S/C13H14N4/c14-9-11-3-1-2-4-12(11)10-15-6-5-13-16-7-8-17-13/h1-4,7-8,15H,5-6,10H2,(H,16,17). The van der Waals surface area contributed by atoms with Crippen LogP contribution in [-0.4, -0.2) is 16.5 Å². The highest BCUT2D eigenvalue weighted by molar-refractivity contribution is 5.37. The average molecular weight is 226 g/mol. The van der Waals surface area contributed by atoms with Crippen molar-refractivity contribution in [2.24, 2.45) is 0 Å². The van der Waals surface area contributed by atoms with Crippen LogP contribution in [0, 0.1) is 11.3 Å². The zero-order valence-electron chi connectivity index (χ0n) is 9.48. The lowest BCUT2D eigenvalue weighted by molar-refractivity contribution is 0.673. The van der Waals surface area contributed by atoms with Crippen molar-refractivity contribution >= 4 is 0 Å². The van der Waals surface area contributed by atoms with E-state index in [-0.39, 0.29) is 0 Å². The van der Waals surface area contributed by atoms with Crippen LogP contribution in [0.2, 0.25) is 0 Å². The van der Waals surface area contributed by atoms with E-state index in [9.17, 15) is 0 Å². The van der Waals surface area contributed by atoms with Gasteiger partial charge < -0.3 is 10.3 Å². The van der Waals surface area contributed by atoms with Gasteiger partial charge in [-0.3, -0.25) is 0 Å². The Hall–Kier alpha value is -2.12. The van der Waals surface area contributed by atoms with E-state index in [4.69, 9.17) is 5.26 Å². The van der Waals surface area contributed by atoms with Gasteiger partial charge in [-0.25, -0.2) is 4.98 Å². The molecule has 1 aromatic carbocycles. The highest BCUT2D eigenvalue weighted by Crippen LogP contribution is 2.06. The summed E-state index contributed by atoms with van der Waals surface area (Å²) in [5, 5.41) is 12.2. The van der Waals surface area contributed by atoms with Gasteiger partial charge in [0.1, 0.15) is 5.82 Å². The molecule has 0 amide bonds. The largest absolute Gasteiger partial charge is 0.349 e. The molecule has 0 saturated heterocycles. The summed E-state index contributed by atoms with van der Waals surface area (Å²) in [4.78, 5) is 7.20. The van der Waals surface area contributed by atoms with Crippen LogP contribution >= 0.6 is 0 Å². The van der Waals surface area contributed by atoms with Gasteiger partial charge in [-0.05, 0) is 11.6 Å². The topological polar surface area (TPSA) is 64.5 Å². The van der Waals surface area contributed by atoms with Crippen LogP contribution in [0.25, 0.3) is 0 Å². The Bertz CT molecular complexity index is 496. The molecule has 86 valence electrons. The first kappa shape index (κ1) is 11.4. The average Bonchev–Trinajstić information content (AvgIpc) is 2.88. The minimum absolute atomic E-state index is 0.713. The molecular formula is C13H14N4. The summed E-state index contributed by atoms with van der Waals surface area (Å²) in [6.07, 6.45) is 4.43. The molecule has 0 aliphatic rings. The van der Waals surface area contributed by atoms with Crippen molar-refractivity contribution in [3.8, 4) is 6.07 Å². The molecule has 0 spiro atoms. The lowest BCUT2D eigenvalue weighted by Gasteiger charge is -2.05. The van der Waals surface area contributed by atoms with Gasteiger partial charge in [-0.2, -0.15) is 5.26 Å². The molecule has 4 nitrogen and oxygen atoms in total. The normalized spacial score (nSPS) is 10.1. The summed E-state index contributed by atoms with van der Waals surface area (Å²) < 4.78 is 0. The SMILES string of the molecule is N#Cc1ccccc1CNCCc1ncc[nH]1. The Morgan fingerprint density at radius 1 is 1.35 bits per heavy atom. The van der Waals surface area contributed by atoms with Gasteiger partial charge in [0.15, 0.2) is 0 Å². The minimum atomic E-state index is 0.713. The predicted octanol–water partition coefficient (Wildman–Crippen LogP) is 1.61. The van der Waals surface area contributed by atoms with Gasteiger partial charge in [0.05, 0.1) is 11.6 Å². The molecule has 0 unspecified atom stereocenters. The predicted molar refractivity (Wildman–Crippen MR) is 65.2 cm³/mol. The molecule has 0 aliphatic carbocycles. The molecule has 2 aromatic rings. The van der Waals surface area contributed by atoms with Crippen molar-refractivity contribution in [3.05, 3.63) is 53.6 Å². The number of imidazole rings is 1. The number of H-pyrrole nitrogens is 1. The van der Waals surface area contributed by atoms with Crippen LogP contribution < -0.4 is 5.32 Å². The first-order chi connectivity index (χ1) is 8.40. The summed E-state index contributed by atoms with van der Waals surface area (Å²) in [6.45, 7) is 1.55. The van der Waals surface area contributed by atoms with E-state index in [2.05, 4.69) is 21.4 Å². The molecular weight excluding hydrogens is 212 g/mol. The van der Waals surface area contributed by atoms with E-state index >= 15 is 0 Å². The van der Waals surface area contributed by atoms with E-state index in [0.29, 0.717) is 6.54 Å². The van der Waals surface area contributed by atoms with Crippen molar-refractivity contribution in [2.75, 3.05) is 6.54 Å². The van der Waals surface area contributed by atoms with Crippen LogP contribution in [0.5, 0.6) is 0 Å². The molecule has 2 N–H and O–H groups in total. The van der Waals surface area contributed by atoms with Crippen LogP contribution in [-0.2, 0) is 13.0 Å². The Labute approximate surface area is 100 Å². The van der Waals surface area contributed by atoms with Gasteiger partial charge >= 0.3 is 0 Å². The molecule has 4 heteroatoms. The maximum atomic E-state index is 8.93. The van der Waals surface area contributed by atoms with E-state index in [0.717, 1.165) is 29.9 Å². The van der Waals surface area contributed by atoms with E-state index in [1.165, 1.54) is 0 Å². The first-order valence-electron chi connectivity index (χ1n) is 5.57. The molecule has 0 radical (unpaired) electrons. The number of aromatic amines is 1. The first-order valence-corrected chi connectivity index (χ1v) is 5.57. The summed E-state index contributed by atoms with van der Waals surface area (Å²) in [6, 6.07) is 9.83. The lowest BCUT2D eigenvalue weighted by atomic mass is 10.1. The summed E-state index contributed by atoms with van der Waals surface area (Å²) >= 11 is 0. The Morgan fingerprint density at radius 2 is 2.24 bits per heavy atom. The number of hydrogen-bond donors (Lipinski definition) is 2. The number of hydrogen-bond acceptors (Lipinski definition) is 3. The van der Waals surface area contributed by atoms with Gasteiger partial charge in [0.25, 0.3) is 0 Å². The highest BCUT2D eigenvalue weighted by Gasteiger charge is 2.00. The molecule has 1 aromatic heterocycles. The second kappa shape index (κ2) is 5.83. The molecule has 0 aliphatic heterocycles. The van der Waals surface area contributed by atoms with E-state index in [1.807, 2.05) is 30.5 Å². The van der Waals surface area contributed by atoms with Crippen molar-refractivity contribution in [2.45, 2.75) is 13.0 Å². The number of nitrogens with zero attached hydrogens (tertiary/aromatic N) is 2. The van der Waals surface area contributed by atoms with Crippen LogP contribution in [0.4, 0.5) is 0 Å². The fourth-order valence-electron chi connectivity index (χ4n) is 1.65. The van der Waals surface area contributed by atoms with Crippen molar-refractivity contribution in [1.29, 1.82) is 5.26 Å². The van der Waals surface area contributed by atoms with Gasteiger partial charge in [-0.1, -0.05) is 18.2 Å². The third-order valence-corrected chi connectivity index (χ3v) is 2.55. The molecule has 0 saturated carbocycles. The van der Waals surface area contributed by atoms with Gasteiger partial charge in [0, 0.05) is 31.9 Å². The quantitative estimate of drug-likeness (QED) is 0.761. The fourth-order valence-corrected chi connectivity index (χ4v) is 1.65. The molecule has 2 rings (SSSR count). The zero-order chi connectivity index (χ0) is 11.9. The van der Waals surface area contributed by atoms with Crippen LogP contribution in [0.15, 0.2) is 36.7 Å². The summed E-state index contributed by atoms with van der Waals surface area (Å²) in [7, 11) is 0. The van der Waals surface area contributed by atoms with E-state index < -0.39 is 0 Å². The third-order valence-electron chi connectivity index (χ3n) is 2.55. The highest BCUT2D eigenvalue weighted by atomic mass is 14.9. The van der Waals surface area contributed by atoms with Crippen molar-refractivity contribution in [1.82, 2.24) is 15.3 Å². The third kappa shape index (κ3) is 3.16. The second-order valence-electron chi connectivity index (χ2n) is 3.73. The summed E-state index contributed by atoms with van der Waals surface area (Å²) in [5.41, 5.74) is 1.77. The number of aromatic nitrogens is 2. The van der Waals surface area contributed by atoms with Crippen LogP contribution in [0.1, 0.15) is 17.0 Å². The molecule has 0 atom stereocenters. The Kier molecular flexibility index (Phi) is 3.90. The van der Waals surface area contributed by atoms with Crippen LogP contribution in [0.3, 0.4) is 0 Å². The number of benzene rings is 1. The van der Waals surface area contributed by atoms with Gasteiger partial charge in [0.2, 0.25) is 0 Å². The zero-order valence-corrected chi connectivity index (χ0v) is 9.48. The Balaban J connectivity index is 1.80. The number of rotatable bonds is 5. The van der Waals surface area contributed by atoms with Gasteiger partial charge in [-0.15, -0.1) is 0 Å². The maximum Gasteiger partial charge on any atom is 0.107 e. The molecule has 0 bridgehead atoms. The monoisotopic (exact) mass is 226 g/mol. The maximum absolute atomic E-state index is 8.93. The molecule has 17 heavy (non-hydrogen) atoms. The summed E-state index contributed by atoms with van der Waals surface area (Å²) in [5.74, 6) is 0.978. The van der Waals surface area contributed by atoms with Crippen molar-refractivity contribution in [3.63, 3.8) is 0 Å². The lowest BCUT2D eigenvalue weighted by Crippen LogP contribution is -2.17. The fraction of sp³-hybridized carbons (Fsp3) is 0.231. The molecule has 1 heterocycles. The molecule has 0 fully saturated rings.